The third kappa shape index (κ3) is 4.41. The molecule has 0 bridgehead atoms. The summed E-state index contributed by atoms with van der Waals surface area (Å²) in [6.07, 6.45) is 6.28. The lowest BCUT2D eigenvalue weighted by molar-refractivity contribution is -0.140. The van der Waals surface area contributed by atoms with Crippen LogP contribution in [-0.2, 0) is 9.53 Å². The van der Waals surface area contributed by atoms with E-state index in [1.165, 1.54) is 0 Å². The summed E-state index contributed by atoms with van der Waals surface area (Å²) >= 11 is 0. The Hall–Kier alpha value is -2.14. The number of pyridine rings is 1. The van der Waals surface area contributed by atoms with Gasteiger partial charge in [-0.2, -0.15) is 0 Å². The number of rotatable bonds is 8. The van der Waals surface area contributed by atoms with E-state index in [0.717, 1.165) is 54.4 Å². The minimum atomic E-state index is -0.697. The van der Waals surface area contributed by atoms with Crippen LogP contribution in [0.1, 0.15) is 52.9 Å². The molecule has 27 heavy (non-hydrogen) atoms. The number of carbonyl (C=O) groups excluding carboxylic acids is 1. The molecular formula is C22H30N2O3. The number of hydrogen-bond donors (Lipinski definition) is 1. The molecule has 2 aromatic rings. The normalized spacial score (nSPS) is 16.0. The maximum atomic E-state index is 13.1. The Morgan fingerprint density at radius 2 is 2.04 bits per heavy atom. The Morgan fingerprint density at radius 3 is 2.74 bits per heavy atom. The van der Waals surface area contributed by atoms with Crippen molar-refractivity contribution in [2.45, 2.75) is 58.5 Å². The molecule has 1 N–H and O–H groups in total. The molecule has 1 aromatic heterocycles. The number of amides is 1. The van der Waals surface area contributed by atoms with E-state index in [2.05, 4.69) is 31.1 Å². The molecule has 0 atom stereocenters. The maximum absolute atomic E-state index is 13.1. The molecular weight excluding hydrogens is 340 g/mol. The van der Waals surface area contributed by atoms with Gasteiger partial charge in [0.25, 0.3) is 5.91 Å². The SMILES string of the molecule is CCCOC1(C(=O)Nc2ccc(OCC(C)C)c3ncccc23)CCCC1. The first kappa shape index (κ1) is 19.6. The number of anilines is 1. The van der Waals surface area contributed by atoms with Crippen molar-refractivity contribution in [3.63, 3.8) is 0 Å². The Labute approximate surface area is 161 Å². The Kier molecular flexibility index (Phi) is 6.32. The summed E-state index contributed by atoms with van der Waals surface area (Å²) in [4.78, 5) is 17.6. The summed E-state index contributed by atoms with van der Waals surface area (Å²) in [5.74, 6) is 1.13. The molecule has 5 nitrogen and oxygen atoms in total. The van der Waals surface area contributed by atoms with Crippen molar-refractivity contribution in [1.82, 2.24) is 4.98 Å². The van der Waals surface area contributed by atoms with Crippen molar-refractivity contribution in [2.24, 2.45) is 5.92 Å². The van der Waals surface area contributed by atoms with E-state index in [4.69, 9.17) is 9.47 Å². The number of nitrogens with one attached hydrogen (secondary N) is 1. The van der Waals surface area contributed by atoms with E-state index >= 15 is 0 Å². The number of aromatic nitrogens is 1. The number of nitrogens with zero attached hydrogens (tertiary/aromatic N) is 1. The quantitative estimate of drug-likeness (QED) is 0.714. The van der Waals surface area contributed by atoms with E-state index in [1.54, 1.807) is 6.20 Å². The molecule has 0 aliphatic heterocycles. The van der Waals surface area contributed by atoms with Crippen molar-refractivity contribution in [1.29, 1.82) is 0 Å². The molecule has 0 spiro atoms. The van der Waals surface area contributed by atoms with Gasteiger partial charge in [-0.15, -0.1) is 0 Å². The summed E-state index contributed by atoms with van der Waals surface area (Å²) < 4.78 is 11.9. The summed E-state index contributed by atoms with van der Waals surface area (Å²) in [5, 5.41) is 3.99. The van der Waals surface area contributed by atoms with Gasteiger partial charge in [0.05, 0.1) is 12.3 Å². The molecule has 1 heterocycles. The van der Waals surface area contributed by atoms with E-state index in [1.807, 2.05) is 24.3 Å². The maximum Gasteiger partial charge on any atom is 0.256 e. The molecule has 0 radical (unpaired) electrons. The average Bonchev–Trinajstić information content (AvgIpc) is 3.16. The molecule has 1 aliphatic rings. The van der Waals surface area contributed by atoms with Crippen molar-refractivity contribution < 1.29 is 14.3 Å². The fraction of sp³-hybridized carbons (Fsp3) is 0.545. The summed E-state index contributed by atoms with van der Waals surface area (Å²) in [7, 11) is 0. The van der Waals surface area contributed by atoms with E-state index < -0.39 is 5.60 Å². The summed E-state index contributed by atoms with van der Waals surface area (Å²) in [5.41, 5.74) is 0.828. The van der Waals surface area contributed by atoms with Crippen LogP contribution in [0.25, 0.3) is 10.9 Å². The monoisotopic (exact) mass is 370 g/mol. The van der Waals surface area contributed by atoms with Crippen LogP contribution in [0.5, 0.6) is 5.75 Å². The average molecular weight is 370 g/mol. The van der Waals surface area contributed by atoms with Crippen LogP contribution in [-0.4, -0.2) is 29.7 Å². The van der Waals surface area contributed by atoms with Crippen LogP contribution < -0.4 is 10.1 Å². The highest BCUT2D eigenvalue weighted by Crippen LogP contribution is 2.36. The van der Waals surface area contributed by atoms with Gasteiger partial charge in [-0.3, -0.25) is 9.78 Å². The third-order valence-electron chi connectivity index (χ3n) is 4.96. The van der Waals surface area contributed by atoms with Gasteiger partial charge in [-0.05, 0) is 62.3 Å². The first-order valence-corrected chi connectivity index (χ1v) is 10.0. The number of hydrogen-bond acceptors (Lipinski definition) is 4. The number of fused-ring (bicyclic) bond motifs is 1. The fourth-order valence-corrected chi connectivity index (χ4v) is 3.55. The highest BCUT2D eigenvalue weighted by Gasteiger charge is 2.42. The first-order chi connectivity index (χ1) is 13.1. The molecule has 0 unspecified atom stereocenters. The second kappa shape index (κ2) is 8.70. The van der Waals surface area contributed by atoms with Crippen LogP contribution in [0.4, 0.5) is 5.69 Å². The van der Waals surface area contributed by atoms with E-state index in [0.29, 0.717) is 19.1 Å². The highest BCUT2D eigenvalue weighted by atomic mass is 16.5. The first-order valence-electron chi connectivity index (χ1n) is 10.0. The van der Waals surface area contributed by atoms with Gasteiger partial charge >= 0.3 is 0 Å². The molecule has 1 saturated carbocycles. The van der Waals surface area contributed by atoms with Crippen LogP contribution >= 0.6 is 0 Å². The van der Waals surface area contributed by atoms with Gasteiger partial charge in [0, 0.05) is 18.2 Å². The lowest BCUT2D eigenvalue weighted by Crippen LogP contribution is -2.43. The molecule has 5 heteroatoms. The lowest BCUT2D eigenvalue weighted by Gasteiger charge is -2.28. The van der Waals surface area contributed by atoms with E-state index in [-0.39, 0.29) is 5.91 Å². The summed E-state index contributed by atoms with van der Waals surface area (Å²) in [6, 6.07) is 7.64. The second-order valence-corrected chi connectivity index (χ2v) is 7.72. The summed E-state index contributed by atoms with van der Waals surface area (Å²) in [6.45, 7) is 7.53. The van der Waals surface area contributed by atoms with Crippen LogP contribution in [0.2, 0.25) is 0 Å². The largest absolute Gasteiger partial charge is 0.491 e. The number of ether oxygens (including phenoxy) is 2. The zero-order valence-corrected chi connectivity index (χ0v) is 16.6. The van der Waals surface area contributed by atoms with Crippen molar-refractivity contribution in [3.8, 4) is 5.75 Å². The van der Waals surface area contributed by atoms with Crippen molar-refractivity contribution in [2.75, 3.05) is 18.5 Å². The Balaban J connectivity index is 1.86. The highest BCUT2D eigenvalue weighted by molar-refractivity contribution is 6.05. The standard InChI is InChI=1S/C22H30N2O3/c1-4-14-27-22(11-5-6-12-22)21(25)24-18-9-10-19(26-15-16(2)3)20-17(18)8-7-13-23-20/h7-10,13,16H,4-6,11-12,14-15H2,1-3H3,(H,24,25). The van der Waals surface area contributed by atoms with Crippen LogP contribution in [0.3, 0.4) is 0 Å². The molecule has 3 rings (SSSR count). The predicted octanol–water partition coefficient (Wildman–Crippen LogP) is 4.95. The predicted molar refractivity (Wildman–Crippen MR) is 108 cm³/mol. The minimum absolute atomic E-state index is 0.0468. The Morgan fingerprint density at radius 1 is 1.26 bits per heavy atom. The van der Waals surface area contributed by atoms with Crippen LogP contribution in [0.15, 0.2) is 30.5 Å². The second-order valence-electron chi connectivity index (χ2n) is 7.72. The molecule has 146 valence electrons. The zero-order chi connectivity index (χ0) is 19.3. The fourth-order valence-electron chi connectivity index (χ4n) is 3.55. The Bertz CT molecular complexity index is 782. The smallest absolute Gasteiger partial charge is 0.256 e. The molecule has 1 aliphatic carbocycles. The van der Waals surface area contributed by atoms with Gasteiger partial charge in [-0.25, -0.2) is 0 Å². The van der Waals surface area contributed by atoms with Gasteiger partial charge in [0.2, 0.25) is 0 Å². The topological polar surface area (TPSA) is 60.5 Å². The van der Waals surface area contributed by atoms with E-state index in [9.17, 15) is 4.79 Å². The minimum Gasteiger partial charge on any atom is -0.491 e. The van der Waals surface area contributed by atoms with Crippen LogP contribution in [0, 0.1) is 5.92 Å². The molecule has 1 amide bonds. The van der Waals surface area contributed by atoms with Gasteiger partial charge < -0.3 is 14.8 Å². The van der Waals surface area contributed by atoms with Gasteiger partial charge in [0.15, 0.2) is 0 Å². The lowest BCUT2D eigenvalue weighted by atomic mass is 10.00. The number of benzene rings is 1. The number of carbonyl (C=O) groups is 1. The van der Waals surface area contributed by atoms with Crippen molar-refractivity contribution in [3.05, 3.63) is 30.5 Å². The van der Waals surface area contributed by atoms with Gasteiger partial charge in [-0.1, -0.05) is 20.8 Å². The molecule has 0 saturated heterocycles. The zero-order valence-electron chi connectivity index (χ0n) is 16.6. The van der Waals surface area contributed by atoms with Crippen molar-refractivity contribution >= 4 is 22.5 Å². The molecule has 1 aromatic carbocycles. The third-order valence-corrected chi connectivity index (χ3v) is 4.96. The van der Waals surface area contributed by atoms with Gasteiger partial charge in [0.1, 0.15) is 16.9 Å². The molecule has 1 fully saturated rings.